The van der Waals surface area contributed by atoms with E-state index in [0.717, 1.165) is 25.1 Å². The maximum atomic E-state index is 11.1. The van der Waals surface area contributed by atoms with Gasteiger partial charge in [0.1, 0.15) is 0 Å². The molecule has 0 aliphatic heterocycles. The topological polar surface area (TPSA) is 38.0 Å². The van der Waals surface area contributed by atoms with Gasteiger partial charge < -0.3 is 5.11 Å². The summed E-state index contributed by atoms with van der Waals surface area (Å²) in [5.74, 6) is 0.318. The van der Waals surface area contributed by atoms with Crippen molar-refractivity contribution >= 4 is 10.9 Å². The lowest BCUT2D eigenvalue weighted by molar-refractivity contribution is 0.00375. The minimum atomic E-state index is -0.626. The number of hydrogen-bond acceptors (Lipinski definition) is 2. The van der Waals surface area contributed by atoms with Crippen molar-refractivity contribution in [3.63, 3.8) is 0 Å². The molecule has 3 rings (SSSR count). The molecule has 114 valence electrons. The maximum Gasteiger partial charge on any atom is 0.0734 e. The zero-order valence-corrected chi connectivity index (χ0v) is 13.6. The molecule has 0 spiro atoms. The third kappa shape index (κ3) is 2.48. The number of aryl methyl sites for hydroxylation is 1. The fourth-order valence-electron chi connectivity index (χ4n) is 4.19. The van der Waals surface area contributed by atoms with Crippen LogP contribution in [0.1, 0.15) is 46.2 Å². The number of nitrogens with zero attached hydrogens (tertiary/aromatic N) is 2. The molecule has 1 aliphatic carbocycles. The van der Waals surface area contributed by atoms with E-state index < -0.39 is 5.60 Å². The van der Waals surface area contributed by atoms with Gasteiger partial charge in [0.05, 0.1) is 16.8 Å². The van der Waals surface area contributed by atoms with Crippen LogP contribution in [-0.4, -0.2) is 20.5 Å². The van der Waals surface area contributed by atoms with Crippen LogP contribution in [0.5, 0.6) is 0 Å². The maximum absolute atomic E-state index is 11.1. The standard InChI is InChI=1S/C18H26N2O/c1-5-20-16-9-7-6-8-14(16)15(19-20)11-18(21)12-17(3,4)10-13(18)2/h6-9,13,21H,5,10-12H2,1-4H3. The average molecular weight is 286 g/mol. The van der Waals surface area contributed by atoms with Gasteiger partial charge in [-0.1, -0.05) is 39.0 Å². The van der Waals surface area contributed by atoms with Gasteiger partial charge in [0.15, 0.2) is 0 Å². The smallest absolute Gasteiger partial charge is 0.0734 e. The van der Waals surface area contributed by atoms with E-state index in [2.05, 4.69) is 52.0 Å². The Labute approximate surface area is 127 Å². The minimum absolute atomic E-state index is 0.220. The van der Waals surface area contributed by atoms with Gasteiger partial charge in [-0.3, -0.25) is 4.68 Å². The van der Waals surface area contributed by atoms with Crippen LogP contribution in [0.2, 0.25) is 0 Å². The number of para-hydroxylation sites is 1. The fraction of sp³-hybridized carbons (Fsp3) is 0.611. The van der Waals surface area contributed by atoms with E-state index in [1.807, 2.05) is 4.68 Å². The highest BCUT2D eigenvalue weighted by atomic mass is 16.3. The summed E-state index contributed by atoms with van der Waals surface area (Å²) in [5, 5.41) is 17.1. The monoisotopic (exact) mass is 286 g/mol. The number of hydrogen-bond donors (Lipinski definition) is 1. The van der Waals surface area contributed by atoms with Crippen LogP contribution in [-0.2, 0) is 13.0 Å². The Morgan fingerprint density at radius 2 is 2.05 bits per heavy atom. The van der Waals surface area contributed by atoms with Gasteiger partial charge >= 0.3 is 0 Å². The molecule has 2 unspecified atom stereocenters. The molecule has 2 atom stereocenters. The normalized spacial score (nSPS) is 28.3. The van der Waals surface area contributed by atoms with Crippen LogP contribution in [0.25, 0.3) is 10.9 Å². The van der Waals surface area contributed by atoms with Crippen molar-refractivity contribution in [1.29, 1.82) is 0 Å². The molecule has 1 fully saturated rings. The SMILES string of the molecule is CCn1nc(CC2(O)CC(C)(C)CC2C)c2ccccc21. The summed E-state index contributed by atoms with van der Waals surface area (Å²) in [4.78, 5) is 0. The lowest BCUT2D eigenvalue weighted by atomic mass is 9.85. The predicted octanol–water partition coefficient (Wildman–Crippen LogP) is 3.79. The second-order valence-electron chi connectivity index (χ2n) is 7.51. The van der Waals surface area contributed by atoms with E-state index in [1.165, 1.54) is 10.9 Å². The highest BCUT2D eigenvalue weighted by Crippen LogP contribution is 2.49. The van der Waals surface area contributed by atoms with Gasteiger partial charge in [-0.25, -0.2) is 0 Å². The van der Waals surface area contributed by atoms with Crippen LogP contribution in [0, 0.1) is 11.3 Å². The molecule has 1 aliphatic rings. The molecule has 3 heteroatoms. The lowest BCUT2D eigenvalue weighted by Crippen LogP contribution is -2.35. The van der Waals surface area contributed by atoms with Gasteiger partial charge in [-0.2, -0.15) is 5.10 Å². The third-order valence-corrected chi connectivity index (χ3v) is 5.07. The fourth-order valence-corrected chi connectivity index (χ4v) is 4.19. The summed E-state index contributed by atoms with van der Waals surface area (Å²) in [6, 6.07) is 8.34. The van der Waals surface area contributed by atoms with Crippen molar-refractivity contribution in [3.05, 3.63) is 30.0 Å². The van der Waals surface area contributed by atoms with E-state index in [-0.39, 0.29) is 5.41 Å². The molecule has 1 heterocycles. The minimum Gasteiger partial charge on any atom is -0.389 e. The Morgan fingerprint density at radius 1 is 1.33 bits per heavy atom. The van der Waals surface area contributed by atoms with E-state index in [0.29, 0.717) is 12.3 Å². The van der Waals surface area contributed by atoms with Crippen LogP contribution in [0.3, 0.4) is 0 Å². The molecule has 0 saturated heterocycles. The van der Waals surface area contributed by atoms with Gasteiger partial charge in [0.2, 0.25) is 0 Å². The zero-order valence-electron chi connectivity index (χ0n) is 13.6. The van der Waals surface area contributed by atoms with Crippen molar-refractivity contribution in [1.82, 2.24) is 9.78 Å². The van der Waals surface area contributed by atoms with Gasteiger partial charge in [-0.05, 0) is 37.2 Å². The van der Waals surface area contributed by atoms with E-state index >= 15 is 0 Å². The first-order valence-corrected chi connectivity index (χ1v) is 8.01. The summed E-state index contributed by atoms with van der Waals surface area (Å²) in [6.45, 7) is 9.65. The second kappa shape index (κ2) is 4.84. The molecule has 2 aromatic rings. The Kier molecular flexibility index (Phi) is 3.36. The van der Waals surface area contributed by atoms with Crippen molar-refractivity contribution in [2.75, 3.05) is 0 Å². The third-order valence-electron chi connectivity index (χ3n) is 5.07. The van der Waals surface area contributed by atoms with Crippen molar-refractivity contribution in [2.45, 2.75) is 59.1 Å². The highest BCUT2D eigenvalue weighted by molar-refractivity contribution is 5.82. The van der Waals surface area contributed by atoms with Crippen molar-refractivity contribution < 1.29 is 5.11 Å². The first kappa shape index (κ1) is 14.6. The Hall–Kier alpha value is -1.35. The molecule has 0 radical (unpaired) electrons. The average Bonchev–Trinajstić information content (AvgIpc) is 2.85. The number of aromatic nitrogens is 2. The van der Waals surface area contributed by atoms with Gasteiger partial charge in [0.25, 0.3) is 0 Å². The Bertz CT molecular complexity index is 658. The van der Waals surface area contributed by atoms with E-state index in [1.54, 1.807) is 0 Å². The molecule has 1 aromatic carbocycles. The number of benzene rings is 1. The van der Waals surface area contributed by atoms with E-state index in [4.69, 9.17) is 5.10 Å². The molecule has 1 saturated carbocycles. The Morgan fingerprint density at radius 3 is 2.67 bits per heavy atom. The Balaban J connectivity index is 1.99. The quantitative estimate of drug-likeness (QED) is 0.932. The van der Waals surface area contributed by atoms with Crippen LogP contribution in [0.4, 0.5) is 0 Å². The van der Waals surface area contributed by atoms with Crippen LogP contribution in [0.15, 0.2) is 24.3 Å². The molecule has 0 amide bonds. The number of aliphatic hydroxyl groups is 1. The lowest BCUT2D eigenvalue weighted by Gasteiger charge is -2.27. The summed E-state index contributed by atoms with van der Waals surface area (Å²) < 4.78 is 2.04. The zero-order chi connectivity index (χ0) is 15.3. The molecule has 1 N–H and O–H groups in total. The second-order valence-corrected chi connectivity index (χ2v) is 7.51. The van der Waals surface area contributed by atoms with Crippen molar-refractivity contribution in [2.24, 2.45) is 11.3 Å². The molecule has 3 nitrogen and oxygen atoms in total. The first-order chi connectivity index (χ1) is 9.85. The summed E-state index contributed by atoms with van der Waals surface area (Å²) >= 11 is 0. The summed E-state index contributed by atoms with van der Waals surface area (Å²) in [6.07, 6.45) is 2.59. The number of fused-ring (bicyclic) bond motifs is 1. The summed E-state index contributed by atoms with van der Waals surface area (Å²) in [7, 11) is 0. The molecule has 1 aromatic heterocycles. The van der Waals surface area contributed by atoms with Crippen LogP contribution < -0.4 is 0 Å². The predicted molar refractivity (Wildman–Crippen MR) is 86.2 cm³/mol. The molecular formula is C18H26N2O. The van der Waals surface area contributed by atoms with E-state index in [9.17, 15) is 5.11 Å². The first-order valence-electron chi connectivity index (χ1n) is 8.01. The number of rotatable bonds is 3. The molecule has 21 heavy (non-hydrogen) atoms. The summed E-state index contributed by atoms with van der Waals surface area (Å²) in [5.41, 5.74) is 1.80. The van der Waals surface area contributed by atoms with Crippen molar-refractivity contribution in [3.8, 4) is 0 Å². The largest absolute Gasteiger partial charge is 0.389 e. The molecule has 0 bridgehead atoms. The highest BCUT2D eigenvalue weighted by Gasteiger charge is 2.47. The van der Waals surface area contributed by atoms with Gasteiger partial charge in [0, 0.05) is 18.4 Å². The van der Waals surface area contributed by atoms with Crippen LogP contribution >= 0.6 is 0 Å². The van der Waals surface area contributed by atoms with Gasteiger partial charge in [-0.15, -0.1) is 0 Å². The molecular weight excluding hydrogens is 260 g/mol.